The highest BCUT2D eigenvalue weighted by molar-refractivity contribution is 7.98. The van der Waals surface area contributed by atoms with Crippen molar-refractivity contribution >= 4 is 23.4 Å². The van der Waals surface area contributed by atoms with Crippen LogP contribution < -0.4 is 0 Å². The molecule has 0 amide bonds. The first kappa shape index (κ1) is 11.9. The zero-order valence-corrected chi connectivity index (χ0v) is 10.2. The molecule has 0 heterocycles. The van der Waals surface area contributed by atoms with Crippen LogP contribution in [-0.2, 0) is 6.54 Å². The Labute approximate surface area is 95.4 Å². The predicted molar refractivity (Wildman–Crippen MR) is 66.2 cm³/mol. The number of halogens is 1. The number of hydrogen-bond donors (Lipinski definition) is 0. The number of thioether (sulfide) groups is 1. The molecule has 0 aliphatic rings. The molecule has 1 nitrogen and oxygen atoms in total. The zero-order valence-electron chi connectivity index (χ0n) is 8.66. The molecule has 0 spiro atoms. The van der Waals surface area contributed by atoms with Gasteiger partial charge >= 0.3 is 0 Å². The Kier molecular flexibility index (Phi) is 5.38. The highest BCUT2D eigenvalue weighted by atomic mass is 35.5. The van der Waals surface area contributed by atoms with E-state index in [1.807, 2.05) is 30.0 Å². The topological polar surface area (TPSA) is 3.24 Å². The highest BCUT2D eigenvalue weighted by Gasteiger charge is 2.02. The molecule has 0 aliphatic heterocycles. The van der Waals surface area contributed by atoms with E-state index in [0.717, 1.165) is 18.1 Å². The first-order valence-corrected chi connectivity index (χ1v) is 6.42. The van der Waals surface area contributed by atoms with Crippen molar-refractivity contribution in [3.8, 4) is 0 Å². The Morgan fingerprint density at radius 1 is 1.36 bits per heavy atom. The second kappa shape index (κ2) is 6.33. The summed E-state index contributed by atoms with van der Waals surface area (Å²) in [4.78, 5) is 2.29. The summed E-state index contributed by atoms with van der Waals surface area (Å²) < 4.78 is 0. The van der Waals surface area contributed by atoms with Crippen LogP contribution in [0.5, 0.6) is 0 Å². The fourth-order valence-electron chi connectivity index (χ4n) is 1.24. The molecule has 0 aromatic heterocycles. The predicted octanol–water partition coefficient (Wildman–Crippen LogP) is 3.13. The van der Waals surface area contributed by atoms with Gasteiger partial charge in [0.05, 0.1) is 0 Å². The van der Waals surface area contributed by atoms with Gasteiger partial charge in [0, 0.05) is 23.9 Å². The summed E-state index contributed by atoms with van der Waals surface area (Å²) in [5.74, 6) is 1.17. The van der Waals surface area contributed by atoms with Gasteiger partial charge in [-0.25, -0.2) is 0 Å². The molecule has 0 fully saturated rings. The molecule has 1 aromatic carbocycles. The van der Waals surface area contributed by atoms with Crippen molar-refractivity contribution in [2.75, 3.05) is 25.6 Å². The maximum atomic E-state index is 6.07. The Bertz CT molecular complexity index is 278. The molecule has 1 aromatic rings. The minimum atomic E-state index is 0.864. The largest absolute Gasteiger partial charge is 0.301 e. The maximum Gasteiger partial charge on any atom is 0.0451 e. The van der Waals surface area contributed by atoms with E-state index in [1.165, 1.54) is 11.3 Å². The van der Waals surface area contributed by atoms with E-state index in [0.29, 0.717) is 0 Å². The SMILES string of the molecule is CSCCN(C)Cc1ccccc1Cl. The number of hydrogen-bond acceptors (Lipinski definition) is 2. The molecule has 0 aliphatic carbocycles. The first-order valence-electron chi connectivity index (χ1n) is 4.65. The van der Waals surface area contributed by atoms with Crippen molar-refractivity contribution in [2.45, 2.75) is 6.54 Å². The van der Waals surface area contributed by atoms with Crippen molar-refractivity contribution in [1.82, 2.24) is 4.90 Å². The third kappa shape index (κ3) is 3.91. The van der Waals surface area contributed by atoms with Gasteiger partial charge in [0.15, 0.2) is 0 Å². The average Bonchev–Trinajstić information content (AvgIpc) is 2.18. The highest BCUT2D eigenvalue weighted by Crippen LogP contribution is 2.16. The van der Waals surface area contributed by atoms with Crippen LogP contribution in [0.2, 0.25) is 5.02 Å². The van der Waals surface area contributed by atoms with Gasteiger partial charge in [-0.05, 0) is 24.9 Å². The van der Waals surface area contributed by atoms with E-state index in [2.05, 4.69) is 24.3 Å². The second-order valence-electron chi connectivity index (χ2n) is 3.32. The van der Waals surface area contributed by atoms with Crippen LogP contribution in [0.15, 0.2) is 24.3 Å². The fourth-order valence-corrected chi connectivity index (χ4v) is 1.93. The van der Waals surface area contributed by atoms with Crippen LogP contribution in [0, 0.1) is 0 Å². The van der Waals surface area contributed by atoms with Gasteiger partial charge in [0.25, 0.3) is 0 Å². The summed E-state index contributed by atoms with van der Waals surface area (Å²) in [6.45, 7) is 2.03. The molecule has 3 heteroatoms. The minimum absolute atomic E-state index is 0.864. The number of benzene rings is 1. The zero-order chi connectivity index (χ0) is 10.4. The standard InChI is InChI=1S/C11H16ClNS/c1-13(7-8-14-2)9-10-5-3-4-6-11(10)12/h3-6H,7-9H2,1-2H3. The molecule has 0 N–H and O–H groups in total. The van der Waals surface area contributed by atoms with Crippen molar-refractivity contribution in [3.05, 3.63) is 34.9 Å². The summed E-state index contributed by atoms with van der Waals surface area (Å²) in [5, 5.41) is 0.864. The number of nitrogens with zero attached hydrogens (tertiary/aromatic N) is 1. The van der Waals surface area contributed by atoms with Gasteiger partial charge in [-0.2, -0.15) is 11.8 Å². The van der Waals surface area contributed by atoms with E-state index >= 15 is 0 Å². The lowest BCUT2D eigenvalue weighted by Crippen LogP contribution is -2.20. The summed E-state index contributed by atoms with van der Waals surface area (Å²) in [6, 6.07) is 8.02. The van der Waals surface area contributed by atoms with Crippen LogP contribution in [0.25, 0.3) is 0 Å². The lowest BCUT2D eigenvalue weighted by molar-refractivity contribution is 0.349. The van der Waals surface area contributed by atoms with E-state index in [9.17, 15) is 0 Å². The monoisotopic (exact) mass is 229 g/mol. The smallest absolute Gasteiger partial charge is 0.0451 e. The number of rotatable bonds is 5. The van der Waals surface area contributed by atoms with Crippen molar-refractivity contribution in [2.24, 2.45) is 0 Å². The normalized spacial score (nSPS) is 10.9. The van der Waals surface area contributed by atoms with Crippen LogP contribution in [0.1, 0.15) is 5.56 Å². The van der Waals surface area contributed by atoms with Gasteiger partial charge < -0.3 is 4.90 Å². The molecule has 1 rings (SSSR count). The molecule has 0 atom stereocenters. The third-order valence-electron chi connectivity index (χ3n) is 2.08. The van der Waals surface area contributed by atoms with Crippen LogP contribution in [0.3, 0.4) is 0 Å². The minimum Gasteiger partial charge on any atom is -0.301 e. The van der Waals surface area contributed by atoms with E-state index in [-0.39, 0.29) is 0 Å². The Morgan fingerprint density at radius 3 is 2.71 bits per heavy atom. The van der Waals surface area contributed by atoms with E-state index < -0.39 is 0 Å². The van der Waals surface area contributed by atoms with Gasteiger partial charge in [-0.3, -0.25) is 0 Å². The molecular weight excluding hydrogens is 214 g/mol. The average molecular weight is 230 g/mol. The van der Waals surface area contributed by atoms with Gasteiger partial charge in [0.2, 0.25) is 0 Å². The molecule has 0 saturated carbocycles. The Balaban J connectivity index is 2.47. The quantitative estimate of drug-likeness (QED) is 0.763. The third-order valence-corrected chi connectivity index (χ3v) is 3.03. The molecule has 0 bridgehead atoms. The molecule has 78 valence electrons. The lowest BCUT2D eigenvalue weighted by atomic mass is 10.2. The van der Waals surface area contributed by atoms with Crippen LogP contribution in [0.4, 0.5) is 0 Å². The summed E-state index contributed by atoms with van der Waals surface area (Å²) in [5.41, 5.74) is 1.21. The molecule has 0 saturated heterocycles. The van der Waals surface area contributed by atoms with Crippen molar-refractivity contribution in [1.29, 1.82) is 0 Å². The maximum absolute atomic E-state index is 6.07. The van der Waals surface area contributed by atoms with E-state index in [1.54, 1.807) is 0 Å². The summed E-state index contributed by atoms with van der Waals surface area (Å²) in [7, 11) is 2.12. The molecule has 0 radical (unpaired) electrons. The Morgan fingerprint density at radius 2 is 2.07 bits per heavy atom. The molecule has 14 heavy (non-hydrogen) atoms. The van der Waals surface area contributed by atoms with Gasteiger partial charge in [-0.15, -0.1) is 0 Å². The van der Waals surface area contributed by atoms with Crippen LogP contribution >= 0.6 is 23.4 Å². The van der Waals surface area contributed by atoms with Crippen molar-refractivity contribution in [3.63, 3.8) is 0 Å². The van der Waals surface area contributed by atoms with Crippen LogP contribution in [-0.4, -0.2) is 30.5 Å². The van der Waals surface area contributed by atoms with E-state index in [4.69, 9.17) is 11.6 Å². The molecular formula is C11H16ClNS. The Hall–Kier alpha value is -0.180. The fraction of sp³-hybridized carbons (Fsp3) is 0.455. The summed E-state index contributed by atoms with van der Waals surface area (Å²) >= 11 is 7.94. The summed E-state index contributed by atoms with van der Waals surface area (Å²) in [6.07, 6.45) is 2.13. The van der Waals surface area contributed by atoms with Gasteiger partial charge in [-0.1, -0.05) is 29.8 Å². The molecule has 0 unspecified atom stereocenters. The van der Waals surface area contributed by atoms with Gasteiger partial charge in [0.1, 0.15) is 0 Å². The lowest BCUT2D eigenvalue weighted by Gasteiger charge is -2.16. The second-order valence-corrected chi connectivity index (χ2v) is 4.71. The van der Waals surface area contributed by atoms with Crippen molar-refractivity contribution < 1.29 is 0 Å². The first-order chi connectivity index (χ1) is 6.74.